The van der Waals surface area contributed by atoms with Crippen LogP contribution in [0.1, 0.15) is 30.9 Å². The molecule has 1 unspecified atom stereocenters. The molecule has 1 aliphatic rings. The number of anilines is 2. The van der Waals surface area contributed by atoms with Crippen molar-refractivity contribution in [2.75, 3.05) is 16.4 Å². The monoisotopic (exact) mass is 432 g/mol. The predicted molar refractivity (Wildman–Crippen MR) is 116 cm³/mol. The number of carbonyl (C=O) groups excluding carboxylic acids is 2. The van der Waals surface area contributed by atoms with Crippen molar-refractivity contribution in [2.45, 2.75) is 48.7 Å². The van der Waals surface area contributed by atoms with Gasteiger partial charge >= 0.3 is 0 Å². The van der Waals surface area contributed by atoms with Crippen LogP contribution in [0.3, 0.4) is 0 Å². The minimum Gasteiger partial charge on any atom is -0.326 e. The fourth-order valence-corrected chi connectivity index (χ4v) is 5.50. The first-order chi connectivity index (χ1) is 13.7. The summed E-state index contributed by atoms with van der Waals surface area (Å²) in [5.74, 6) is -0.787. The average Bonchev–Trinajstić information content (AvgIpc) is 2.78. The van der Waals surface area contributed by atoms with Crippen LogP contribution in [0.2, 0.25) is 0 Å². The maximum atomic E-state index is 12.7. The fourth-order valence-electron chi connectivity index (χ4n) is 3.18. The Morgan fingerprint density at radius 1 is 1.21 bits per heavy atom. The highest BCUT2D eigenvalue weighted by Gasteiger charge is 2.23. The minimum atomic E-state index is -3.67. The van der Waals surface area contributed by atoms with E-state index in [1.54, 1.807) is 6.07 Å². The molecule has 154 valence electrons. The first kappa shape index (κ1) is 21.4. The van der Waals surface area contributed by atoms with Gasteiger partial charge in [0.2, 0.25) is 11.8 Å². The highest BCUT2D eigenvalue weighted by molar-refractivity contribution is 8.00. The second-order valence-corrected chi connectivity index (χ2v) is 10.8. The number of hydrogen-bond acceptors (Lipinski definition) is 5. The Kier molecular flexibility index (Phi) is 6.33. The van der Waals surface area contributed by atoms with Gasteiger partial charge in [-0.25, -0.2) is 8.42 Å². The van der Waals surface area contributed by atoms with E-state index < -0.39 is 9.84 Å². The minimum absolute atomic E-state index is 0.103. The Bertz CT molecular complexity index is 1040. The van der Waals surface area contributed by atoms with Crippen molar-refractivity contribution in [1.29, 1.82) is 0 Å². The third-order valence-corrected chi connectivity index (χ3v) is 7.62. The molecule has 0 saturated heterocycles. The largest absolute Gasteiger partial charge is 0.326 e. The quantitative estimate of drug-likeness (QED) is 0.747. The first-order valence-electron chi connectivity index (χ1n) is 9.35. The van der Waals surface area contributed by atoms with Gasteiger partial charge in [-0.2, -0.15) is 0 Å². The van der Waals surface area contributed by atoms with Gasteiger partial charge in [0.1, 0.15) is 0 Å². The summed E-state index contributed by atoms with van der Waals surface area (Å²) in [5.41, 5.74) is 3.07. The summed E-state index contributed by atoms with van der Waals surface area (Å²) in [4.78, 5) is 25.2. The maximum absolute atomic E-state index is 12.7. The normalized spacial score (nSPS) is 16.5. The lowest BCUT2D eigenvalue weighted by molar-refractivity contribution is -0.116. The van der Waals surface area contributed by atoms with Crippen LogP contribution in [0, 0.1) is 13.8 Å². The third-order valence-electron chi connectivity index (χ3n) is 4.73. The Balaban J connectivity index is 1.71. The third kappa shape index (κ3) is 5.19. The molecule has 2 aromatic rings. The lowest BCUT2D eigenvalue weighted by atomic mass is 10.1. The van der Waals surface area contributed by atoms with Crippen LogP contribution in [0.25, 0.3) is 0 Å². The van der Waals surface area contributed by atoms with Crippen molar-refractivity contribution in [2.24, 2.45) is 0 Å². The highest BCUT2D eigenvalue weighted by atomic mass is 32.2. The van der Waals surface area contributed by atoms with E-state index in [0.717, 1.165) is 16.0 Å². The molecule has 2 amide bonds. The molecule has 6 nitrogen and oxygen atoms in total. The van der Waals surface area contributed by atoms with E-state index >= 15 is 0 Å². The number of para-hydroxylation sites is 1. The van der Waals surface area contributed by atoms with E-state index in [2.05, 4.69) is 10.6 Å². The van der Waals surface area contributed by atoms with Gasteiger partial charge in [0, 0.05) is 28.7 Å². The van der Waals surface area contributed by atoms with E-state index in [4.69, 9.17) is 0 Å². The van der Waals surface area contributed by atoms with E-state index in [-0.39, 0.29) is 34.1 Å². The number of amides is 2. The van der Waals surface area contributed by atoms with Crippen molar-refractivity contribution in [3.8, 4) is 0 Å². The Labute approximate surface area is 175 Å². The van der Waals surface area contributed by atoms with E-state index in [9.17, 15) is 18.0 Å². The number of nitrogens with one attached hydrogen (secondary N) is 2. The van der Waals surface area contributed by atoms with Gasteiger partial charge in [-0.3, -0.25) is 9.59 Å². The number of hydrogen-bond donors (Lipinski definition) is 2. The van der Waals surface area contributed by atoms with Crippen LogP contribution in [0.5, 0.6) is 0 Å². The van der Waals surface area contributed by atoms with Crippen LogP contribution < -0.4 is 10.6 Å². The molecule has 2 N–H and O–H groups in total. The molecule has 0 bridgehead atoms. The molecule has 2 aromatic carbocycles. The molecule has 29 heavy (non-hydrogen) atoms. The van der Waals surface area contributed by atoms with E-state index in [1.807, 2.05) is 39.0 Å². The van der Waals surface area contributed by atoms with E-state index in [0.29, 0.717) is 17.8 Å². The number of thioether (sulfide) groups is 1. The molecular weight excluding hydrogens is 408 g/mol. The first-order valence-corrected chi connectivity index (χ1v) is 11.9. The summed E-state index contributed by atoms with van der Waals surface area (Å²) in [6.07, 6.45) is 0.227. The lowest BCUT2D eigenvalue weighted by Gasteiger charge is -2.12. The molecule has 3 rings (SSSR count). The van der Waals surface area contributed by atoms with Crippen LogP contribution >= 0.6 is 11.8 Å². The number of sulfone groups is 1. The standard InChI is InChI=1S/C21H24N2O4S2/c1-13-5-4-6-14(2)21(13)23-19(24)9-10-29(26,27)16-7-8-18-17(12-16)22-20(25)11-15(3)28-18/h4-8,12,15H,9-11H2,1-3H3,(H,22,25)(H,23,24). The molecule has 1 atom stereocenters. The van der Waals surface area contributed by atoms with Gasteiger partial charge in [0.05, 0.1) is 16.3 Å². The van der Waals surface area contributed by atoms with E-state index in [1.165, 1.54) is 23.9 Å². The second kappa shape index (κ2) is 8.59. The second-order valence-electron chi connectivity index (χ2n) is 7.22. The molecule has 0 saturated carbocycles. The Morgan fingerprint density at radius 3 is 2.59 bits per heavy atom. The number of carbonyl (C=O) groups is 2. The summed E-state index contributed by atoms with van der Waals surface area (Å²) in [5, 5.41) is 5.70. The summed E-state index contributed by atoms with van der Waals surface area (Å²) in [7, 11) is -3.67. The Hall–Kier alpha value is -2.32. The van der Waals surface area contributed by atoms with Gasteiger partial charge in [0.25, 0.3) is 0 Å². The number of fused-ring (bicyclic) bond motifs is 1. The maximum Gasteiger partial charge on any atom is 0.225 e. The molecule has 1 heterocycles. The summed E-state index contributed by atoms with van der Waals surface area (Å²) < 4.78 is 25.5. The fraction of sp³-hybridized carbons (Fsp3) is 0.333. The molecule has 0 fully saturated rings. The smallest absolute Gasteiger partial charge is 0.225 e. The van der Waals surface area contributed by atoms with Crippen molar-refractivity contribution in [3.05, 3.63) is 47.5 Å². The number of aryl methyl sites for hydroxylation is 2. The van der Waals surface area contributed by atoms with Gasteiger partial charge in [-0.15, -0.1) is 11.8 Å². The molecule has 0 aromatic heterocycles. The molecule has 0 spiro atoms. The zero-order chi connectivity index (χ0) is 21.2. The van der Waals surface area contributed by atoms with Gasteiger partial charge in [0.15, 0.2) is 9.84 Å². The zero-order valence-electron chi connectivity index (χ0n) is 16.6. The predicted octanol–water partition coefficient (Wildman–Crippen LogP) is 3.93. The van der Waals surface area contributed by atoms with Crippen LogP contribution in [-0.4, -0.2) is 31.2 Å². The molecule has 8 heteroatoms. The highest BCUT2D eigenvalue weighted by Crippen LogP contribution is 2.36. The van der Waals surface area contributed by atoms with Gasteiger partial charge < -0.3 is 10.6 Å². The number of benzene rings is 2. The molecule has 0 radical (unpaired) electrons. The topological polar surface area (TPSA) is 92.3 Å². The molecule has 1 aliphatic heterocycles. The zero-order valence-corrected chi connectivity index (χ0v) is 18.2. The molecule has 0 aliphatic carbocycles. The Morgan fingerprint density at radius 2 is 1.90 bits per heavy atom. The summed E-state index contributed by atoms with van der Waals surface area (Å²) >= 11 is 1.54. The van der Waals surface area contributed by atoms with Crippen LogP contribution in [-0.2, 0) is 19.4 Å². The van der Waals surface area contributed by atoms with Crippen LogP contribution in [0.15, 0.2) is 46.2 Å². The molecular formula is C21H24N2O4S2. The summed E-state index contributed by atoms with van der Waals surface area (Å²) in [6.45, 7) is 5.74. The summed E-state index contributed by atoms with van der Waals surface area (Å²) in [6, 6.07) is 10.4. The average molecular weight is 433 g/mol. The van der Waals surface area contributed by atoms with Crippen molar-refractivity contribution < 1.29 is 18.0 Å². The van der Waals surface area contributed by atoms with Crippen molar-refractivity contribution >= 4 is 44.8 Å². The van der Waals surface area contributed by atoms with Crippen molar-refractivity contribution in [1.82, 2.24) is 0 Å². The number of rotatable bonds is 5. The van der Waals surface area contributed by atoms with Crippen LogP contribution in [0.4, 0.5) is 11.4 Å². The van der Waals surface area contributed by atoms with Crippen molar-refractivity contribution in [3.63, 3.8) is 0 Å². The van der Waals surface area contributed by atoms with Gasteiger partial charge in [-0.05, 0) is 43.2 Å². The van der Waals surface area contributed by atoms with Gasteiger partial charge in [-0.1, -0.05) is 25.1 Å². The lowest BCUT2D eigenvalue weighted by Crippen LogP contribution is -2.18. The SMILES string of the molecule is Cc1cccc(C)c1NC(=O)CCS(=O)(=O)c1ccc2c(c1)NC(=O)CC(C)S2.